The zero-order valence-electron chi connectivity index (χ0n) is 26.7. The Morgan fingerprint density at radius 1 is 0.477 bits per heavy atom. The average Bonchev–Trinajstić information content (AvgIpc) is 3.53. The topological polar surface area (TPSA) is 13.0 Å². The lowest BCUT2D eigenvalue weighted by Gasteiger charge is -2.28. The Morgan fingerprint density at radius 2 is 0.955 bits per heavy atom. The molecule has 44 heavy (non-hydrogen) atoms. The molecular weight excluding hydrogens is 557 g/mol. The number of nitrogens with zero attached hydrogens (tertiary/aromatic N) is 4. The van der Waals surface area contributed by atoms with Crippen LogP contribution in [-0.4, -0.2) is 13.3 Å². The Hall–Kier alpha value is -4.39. The summed E-state index contributed by atoms with van der Waals surface area (Å²) in [4.78, 5) is 8.25. The van der Waals surface area contributed by atoms with E-state index in [1.165, 1.54) is 23.3 Å². The highest BCUT2D eigenvalue weighted by atomic mass is 19.4. The van der Waals surface area contributed by atoms with Crippen molar-refractivity contribution in [3.63, 3.8) is 0 Å². The van der Waals surface area contributed by atoms with E-state index in [9.17, 15) is 13.2 Å². The lowest BCUT2D eigenvalue weighted by Crippen LogP contribution is -2.27. The van der Waals surface area contributed by atoms with Crippen molar-refractivity contribution in [2.45, 2.75) is 61.6 Å². The molecule has 0 bridgehead atoms. The van der Waals surface area contributed by atoms with Crippen molar-refractivity contribution in [1.29, 1.82) is 0 Å². The Kier molecular flexibility index (Phi) is 7.18. The highest BCUT2D eigenvalue weighted by Crippen LogP contribution is 2.49. The molecule has 0 unspecified atom stereocenters. The van der Waals surface area contributed by atoms with Crippen LogP contribution in [0.4, 0.5) is 47.3 Å². The van der Waals surface area contributed by atoms with Crippen LogP contribution in [0.3, 0.4) is 0 Å². The minimum Gasteiger partial charge on any atom is -0.328 e. The van der Waals surface area contributed by atoms with Gasteiger partial charge in [0.1, 0.15) is 6.67 Å². The largest absolute Gasteiger partial charge is 0.416 e. The molecule has 0 N–H and O–H groups in total. The van der Waals surface area contributed by atoms with Gasteiger partial charge in [-0.1, -0.05) is 35.4 Å². The third kappa shape index (κ3) is 5.18. The van der Waals surface area contributed by atoms with E-state index in [0.717, 1.165) is 56.1 Å². The summed E-state index contributed by atoms with van der Waals surface area (Å²) in [6, 6.07) is 17.3. The standard InChI is InChI=1S/C37H39F3N4/c1-22-11-26(5)35(27(6)12-22)42-10-9-41(20-42)31-17-30(37(38,39)40)18-32(19-31)43-21-44(34-16-25(4)24(3)15-33(34)43)36-28(7)13-23(2)14-29(36)8/h9-19H,20-21H2,1-8H3. The van der Waals surface area contributed by atoms with Gasteiger partial charge in [-0.05, 0) is 119 Å². The molecule has 0 spiro atoms. The Bertz CT molecular complexity index is 1770. The predicted octanol–water partition coefficient (Wildman–Crippen LogP) is 10.2. The molecule has 0 aliphatic carbocycles. The second kappa shape index (κ2) is 10.7. The summed E-state index contributed by atoms with van der Waals surface area (Å²) in [7, 11) is 0. The van der Waals surface area contributed by atoms with Gasteiger partial charge >= 0.3 is 6.18 Å². The van der Waals surface area contributed by atoms with E-state index in [-0.39, 0.29) is 0 Å². The second-order valence-electron chi connectivity index (χ2n) is 12.5. The minimum atomic E-state index is -4.49. The van der Waals surface area contributed by atoms with E-state index >= 15 is 0 Å². The Morgan fingerprint density at radius 3 is 1.50 bits per heavy atom. The zero-order chi connectivity index (χ0) is 31.7. The van der Waals surface area contributed by atoms with Crippen LogP contribution in [0, 0.1) is 55.4 Å². The van der Waals surface area contributed by atoms with E-state index in [1.807, 2.05) is 28.3 Å². The minimum absolute atomic E-state index is 0.410. The number of fused-ring (bicyclic) bond motifs is 1. The van der Waals surface area contributed by atoms with Crippen molar-refractivity contribution in [1.82, 2.24) is 0 Å². The van der Waals surface area contributed by atoms with E-state index < -0.39 is 11.7 Å². The van der Waals surface area contributed by atoms with Gasteiger partial charge in [0.15, 0.2) is 0 Å². The molecule has 0 atom stereocenters. The number of hydrogen-bond donors (Lipinski definition) is 0. The van der Waals surface area contributed by atoms with Crippen LogP contribution in [0.2, 0.25) is 0 Å². The van der Waals surface area contributed by atoms with Gasteiger partial charge in [-0.25, -0.2) is 0 Å². The van der Waals surface area contributed by atoms with Gasteiger partial charge in [0.25, 0.3) is 0 Å². The highest BCUT2D eigenvalue weighted by molar-refractivity contribution is 5.90. The average molecular weight is 597 g/mol. The molecule has 228 valence electrons. The first kappa shape index (κ1) is 29.7. The van der Waals surface area contributed by atoms with E-state index in [4.69, 9.17) is 0 Å². The molecule has 7 heteroatoms. The molecule has 4 aromatic rings. The monoisotopic (exact) mass is 596 g/mol. The normalized spacial score (nSPS) is 14.7. The lowest BCUT2D eigenvalue weighted by molar-refractivity contribution is -0.137. The summed E-state index contributed by atoms with van der Waals surface area (Å²) >= 11 is 0. The molecule has 6 rings (SSSR count). The lowest BCUT2D eigenvalue weighted by atomic mass is 10.0. The molecule has 0 saturated heterocycles. The number of halogens is 3. The molecule has 2 aliphatic heterocycles. The quantitative estimate of drug-likeness (QED) is 0.232. The van der Waals surface area contributed by atoms with E-state index in [0.29, 0.717) is 24.7 Å². The first-order chi connectivity index (χ1) is 20.7. The van der Waals surface area contributed by atoms with Crippen LogP contribution in [0.1, 0.15) is 50.1 Å². The van der Waals surface area contributed by atoms with Gasteiger partial charge in [-0.15, -0.1) is 0 Å². The van der Waals surface area contributed by atoms with Crippen LogP contribution in [0.25, 0.3) is 0 Å². The van der Waals surface area contributed by atoms with Crippen molar-refractivity contribution in [3.05, 3.63) is 117 Å². The molecule has 0 radical (unpaired) electrons. The van der Waals surface area contributed by atoms with Gasteiger partial charge in [0.2, 0.25) is 0 Å². The van der Waals surface area contributed by atoms with Crippen LogP contribution in [0.15, 0.2) is 67.0 Å². The fraction of sp³-hybridized carbons (Fsp3) is 0.297. The first-order valence-electron chi connectivity index (χ1n) is 15.0. The van der Waals surface area contributed by atoms with Crippen LogP contribution in [0.5, 0.6) is 0 Å². The molecule has 0 amide bonds. The molecule has 2 heterocycles. The van der Waals surface area contributed by atoms with Gasteiger partial charge < -0.3 is 19.6 Å². The van der Waals surface area contributed by atoms with Gasteiger partial charge in [-0.2, -0.15) is 13.2 Å². The first-order valence-corrected chi connectivity index (χ1v) is 15.0. The number of benzene rings is 4. The van der Waals surface area contributed by atoms with Crippen LogP contribution >= 0.6 is 0 Å². The summed E-state index contributed by atoms with van der Waals surface area (Å²) in [5.74, 6) is 0. The third-order valence-electron chi connectivity index (χ3n) is 8.89. The number of aryl methyl sites for hydroxylation is 8. The summed E-state index contributed by atoms with van der Waals surface area (Å²) in [6.45, 7) is 17.5. The van der Waals surface area contributed by atoms with Crippen molar-refractivity contribution in [2.75, 3.05) is 32.9 Å². The van der Waals surface area contributed by atoms with Gasteiger partial charge in [0.05, 0.1) is 23.6 Å². The predicted molar refractivity (Wildman–Crippen MR) is 177 cm³/mol. The third-order valence-corrected chi connectivity index (χ3v) is 8.89. The molecule has 2 aliphatic rings. The molecule has 4 aromatic carbocycles. The number of alkyl halides is 3. The maximum absolute atomic E-state index is 14.4. The molecule has 0 fully saturated rings. The summed E-state index contributed by atoms with van der Waals surface area (Å²) < 4.78 is 43.3. The van der Waals surface area contributed by atoms with Crippen LogP contribution in [-0.2, 0) is 6.18 Å². The molecule has 0 aromatic heterocycles. The fourth-order valence-corrected chi connectivity index (χ4v) is 6.96. The van der Waals surface area contributed by atoms with Crippen LogP contribution < -0.4 is 19.6 Å². The SMILES string of the molecule is Cc1cc(C)c(N2C=CN(c3cc(N4CN(c5c(C)cc(C)cc5C)c5cc(C)c(C)cc54)cc(C(F)(F)F)c3)C2)c(C)c1. The number of hydrogen-bond acceptors (Lipinski definition) is 4. The maximum Gasteiger partial charge on any atom is 0.416 e. The van der Waals surface area contributed by atoms with Gasteiger partial charge in [0, 0.05) is 35.1 Å². The fourth-order valence-electron chi connectivity index (χ4n) is 6.96. The smallest absolute Gasteiger partial charge is 0.328 e. The molecular formula is C37H39F3N4. The molecule has 0 saturated carbocycles. The summed E-state index contributed by atoms with van der Waals surface area (Å²) in [5, 5.41) is 0. The van der Waals surface area contributed by atoms with Crippen molar-refractivity contribution in [3.8, 4) is 0 Å². The second-order valence-corrected chi connectivity index (χ2v) is 12.5. The number of rotatable bonds is 4. The number of anilines is 6. The van der Waals surface area contributed by atoms with Crippen molar-refractivity contribution < 1.29 is 13.2 Å². The van der Waals surface area contributed by atoms with Crippen molar-refractivity contribution in [2.24, 2.45) is 0 Å². The van der Waals surface area contributed by atoms with E-state index in [2.05, 4.69) is 102 Å². The Balaban J connectivity index is 1.44. The molecule has 4 nitrogen and oxygen atoms in total. The van der Waals surface area contributed by atoms with E-state index in [1.54, 1.807) is 0 Å². The summed E-state index contributed by atoms with van der Waals surface area (Å²) in [6.07, 6.45) is -0.672. The Labute approximate surface area is 258 Å². The van der Waals surface area contributed by atoms with Gasteiger partial charge in [-0.3, -0.25) is 0 Å². The highest BCUT2D eigenvalue weighted by Gasteiger charge is 2.35. The summed E-state index contributed by atoms with van der Waals surface area (Å²) in [5.41, 5.74) is 13.6. The maximum atomic E-state index is 14.4. The van der Waals surface area contributed by atoms with Crippen molar-refractivity contribution >= 4 is 34.1 Å². The zero-order valence-corrected chi connectivity index (χ0v) is 26.7.